The standard InChI is InChI=1S/C18H22FN5O3/c19-14-4-1-2-5-15(14)24-11-9-23(10-12-24)8-3-7-20-17(25)18(26)21-16-6-13-27-22-16/h1-2,4-6,13H,3,7-12H2,(H,20,25)(H,21,22,26). The topological polar surface area (TPSA) is 90.7 Å². The van der Waals surface area contributed by atoms with Crippen molar-refractivity contribution in [1.29, 1.82) is 0 Å². The SMILES string of the molecule is O=C(NCCCN1CCN(c2ccccc2F)CC1)C(=O)Nc1ccon1. The molecule has 0 saturated carbocycles. The zero-order valence-corrected chi connectivity index (χ0v) is 14.9. The summed E-state index contributed by atoms with van der Waals surface area (Å²) in [5.74, 6) is -1.48. The molecule has 0 unspecified atom stereocenters. The van der Waals surface area contributed by atoms with Crippen LogP contribution in [0.2, 0.25) is 0 Å². The van der Waals surface area contributed by atoms with Gasteiger partial charge in [0.05, 0.1) is 5.69 Å². The molecule has 1 aromatic carbocycles. The third-order valence-corrected chi connectivity index (χ3v) is 4.39. The van der Waals surface area contributed by atoms with E-state index in [4.69, 9.17) is 0 Å². The van der Waals surface area contributed by atoms with E-state index in [1.54, 1.807) is 12.1 Å². The highest BCUT2D eigenvalue weighted by atomic mass is 19.1. The number of nitrogens with zero attached hydrogens (tertiary/aromatic N) is 3. The third kappa shape index (κ3) is 5.27. The van der Waals surface area contributed by atoms with Gasteiger partial charge in [-0.15, -0.1) is 0 Å². The Morgan fingerprint density at radius 3 is 2.59 bits per heavy atom. The van der Waals surface area contributed by atoms with E-state index in [9.17, 15) is 14.0 Å². The number of aromatic nitrogens is 1. The molecule has 2 N–H and O–H groups in total. The van der Waals surface area contributed by atoms with Gasteiger partial charge in [0.1, 0.15) is 12.1 Å². The normalized spacial score (nSPS) is 14.8. The van der Waals surface area contributed by atoms with E-state index in [0.717, 1.165) is 39.1 Å². The molecule has 2 heterocycles. The molecule has 0 atom stereocenters. The van der Waals surface area contributed by atoms with Gasteiger partial charge in [-0.3, -0.25) is 19.8 Å². The fourth-order valence-corrected chi connectivity index (χ4v) is 2.96. The summed E-state index contributed by atoms with van der Waals surface area (Å²) in [6.07, 6.45) is 2.03. The van der Waals surface area contributed by atoms with Crippen molar-refractivity contribution in [2.45, 2.75) is 6.42 Å². The number of nitrogens with one attached hydrogen (secondary N) is 2. The smallest absolute Gasteiger partial charge is 0.314 e. The van der Waals surface area contributed by atoms with Gasteiger partial charge in [0.2, 0.25) is 0 Å². The maximum absolute atomic E-state index is 13.8. The van der Waals surface area contributed by atoms with Crippen molar-refractivity contribution >= 4 is 23.3 Å². The summed E-state index contributed by atoms with van der Waals surface area (Å²) in [7, 11) is 0. The Balaban J connectivity index is 1.32. The second-order valence-electron chi connectivity index (χ2n) is 6.23. The van der Waals surface area contributed by atoms with Crippen LogP contribution in [-0.4, -0.2) is 61.1 Å². The van der Waals surface area contributed by atoms with Gasteiger partial charge >= 0.3 is 11.8 Å². The Bertz CT molecular complexity index is 760. The van der Waals surface area contributed by atoms with Crippen LogP contribution in [0.15, 0.2) is 41.1 Å². The first-order valence-corrected chi connectivity index (χ1v) is 8.85. The van der Waals surface area contributed by atoms with Gasteiger partial charge in [0.15, 0.2) is 5.82 Å². The van der Waals surface area contributed by atoms with Crippen molar-refractivity contribution in [3.05, 3.63) is 42.4 Å². The third-order valence-electron chi connectivity index (χ3n) is 4.39. The minimum absolute atomic E-state index is 0.197. The highest BCUT2D eigenvalue weighted by molar-refractivity contribution is 6.39. The van der Waals surface area contributed by atoms with Crippen LogP contribution in [0.5, 0.6) is 0 Å². The van der Waals surface area contributed by atoms with Gasteiger partial charge in [-0.1, -0.05) is 17.3 Å². The van der Waals surface area contributed by atoms with Crippen LogP contribution in [-0.2, 0) is 9.59 Å². The van der Waals surface area contributed by atoms with E-state index in [-0.39, 0.29) is 11.6 Å². The van der Waals surface area contributed by atoms with Crippen molar-refractivity contribution < 1.29 is 18.5 Å². The van der Waals surface area contributed by atoms with Crippen LogP contribution < -0.4 is 15.5 Å². The van der Waals surface area contributed by atoms with E-state index in [1.165, 1.54) is 18.4 Å². The summed E-state index contributed by atoms with van der Waals surface area (Å²) in [4.78, 5) is 27.7. The second kappa shape index (κ2) is 9.13. The van der Waals surface area contributed by atoms with Crippen molar-refractivity contribution in [1.82, 2.24) is 15.4 Å². The minimum Gasteiger partial charge on any atom is -0.367 e. The summed E-state index contributed by atoms with van der Waals surface area (Å²) in [6, 6.07) is 8.25. The van der Waals surface area contributed by atoms with Gasteiger partial charge in [0.25, 0.3) is 0 Å². The molecule has 1 aliphatic rings. The molecule has 0 aliphatic carbocycles. The number of carbonyl (C=O) groups is 2. The molecular formula is C18H22FN5O3. The average Bonchev–Trinajstić information content (AvgIpc) is 3.19. The predicted molar refractivity (Wildman–Crippen MR) is 97.8 cm³/mol. The molecule has 0 bridgehead atoms. The first kappa shape index (κ1) is 18.8. The highest BCUT2D eigenvalue weighted by Crippen LogP contribution is 2.20. The van der Waals surface area contributed by atoms with E-state index >= 15 is 0 Å². The molecule has 1 aliphatic heterocycles. The molecule has 2 aromatic rings. The lowest BCUT2D eigenvalue weighted by Crippen LogP contribution is -2.47. The summed E-state index contributed by atoms with van der Waals surface area (Å²) in [5, 5.41) is 8.42. The summed E-state index contributed by atoms with van der Waals surface area (Å²) in [6.45, 7) is 4.37. The molecule has 1 fully saturated rings. The molecule has 144 valence electrons. The van der Waals surface area contributed by atoms with E-state index < -0.39 is 11.8 Å². The van der Waals surface area contributed by atoms with E-state index in [1.807, 2.05) is 11.0 Å². The molecule has 0 radical (unpaired) electrons. The number of carbonyl (C=O) groups excluding carboxylic acids is 2. The number of hydrogen-bond acceptors (Lipinski definition) is 6. The molecule has 0 spiro atoms. The monoisotopic (exact) mass is 375 g/mol. The van der Waals surface area contributed by atoms with Gasteiger partial charge in [-0.05, 0) is 25.1 Å². The highest BCUT2D eigenvalue weighted by Gasteiger charge is 2.19. The summed E-state index contributed by atoms with van der Waals surface area (Å²) >= 11 is 0. The van der Waals surface area contributed by atoms with Crippen molar-refractivity contribution in [2.75, 3.05) is 49.5 Å². The molecule has 8 nitrogen and oxygen atoms in total. The molecule has 27 heavy (non-hydrogen) atoms. The van der Waals surface area contributed by atoms with Gasteiger partial charge in [-0.2, -0.15) is 0 Å². The van der Waals surface area contributed by atoms with Gasteiger partial charge in [0, 0.05) is 38.8 Å². The molecule has 9 heteroatoms. The number of rotatable bonds is 6. The Labute approximate surface area is 156 Å². The van der Waals surface area contributed by atoms with Crippen LogP contribution in [0.3, 0.4) is 0 Å². The number of hydrogen-bond donors (Lipinski definition) is 2. The number of anilines is 2. The largest absolute Gasteiger partial charge is 0.367 e. The van der Waals surface area contributed by atoms with Crippen LogP contribution in [0.25, 0.3) is 0 Å². The lowest BCUT2D eigenvalue weighted by Gasteiger charge is -2.36. The Hall–Kier alpha value is -2.94. The number of piperazine rings is 1. The summed E-state index contributed by atoms with van der Waals surface area (Å²) < 4.78 is 18.4. The van der Waals surface area contributed by atoms with Crippen LogP contribution in [0, 0.1) is 5.82 Å². The fraction of sp³-hybridized carbons (Fsp3) is 0.389. The molecule has 3 rings (SSSR count). The first-order chi connectivity index (χ1) is 13.1. The summed E-state index contributed by atoms with van der Waals surface area (Å²) in [5.41, 5.74) is 0.641. The van der Waals surface area contributed by atoms with Crippen molar-refractivity contribution in [3.8, 4) is 0 Å². The number of benzene rings is 1. The van der Waals surface area contributed by atoms with Gasteiger partial charge < -0.3 is 14.7 Å². The Kier molecular flexibility index (Phi) is 6.37. The number of amides is 2. The second-order valence-corrected chi connectivity index (χ2v) is 6.23. The minimum atomic E-state index is -0.776. The van der Waals surface area contributed by atoms with Crippen molar-refractivity contribution in [2.24, 2.45) is 0 Å². The lowest BCUT2D eigenvalue weighted by molar-refractivity contribution is -0.136. The van der Waals surface area contributed by atoms with Crippen molar-refractivity contribution in [3.63, 3.8) is 0 Å². The number of para-hydroxylation sites is 1. The number of halogens is 1. The zero-order chi connectivity index (χ0) is 19.1. The average molecular weight is 375 g/mol. The van der Waals surface area contributed by atoms with Crippen LogP contribution >= 0.6 is 0 Å². The Morgan fingerprint density at radius 1 is 1.11 bits per heavy atom. The van der Waals surface area contributed by atoms with E-state index in [0.29, 0.717) is 12.2 Å². The fourth-order valence-electron chi connectivity index (χ4n) is 2.96. The predicted octanol–water partition coefficient (Wildman–Crippen LogP) is 1.08. The van der Waals surface area contributed by atoms with Gasteiger partial charge in [-0.25, -0.2) is 4.39 Å². The molecule has 2 amide bonds. The molecular weight excluding hydrogens is 353 g/mol. The van der Waals surface area contributed by atoms with E-state index in [2.05, 4.69) is 25.2 Å². The molecule has 1 aromatic heterocycles. The first-order valence-electron chi connectivity index (χ1n) is 8.85. The van der Waals surface area contributed by atoms with Crippen LogP contribution in [0.4, 0.5) is 15.9 Å². The maximum Gasteiger partial charge on any atom is 0.314 e. The quantitative estimate of drug-likeness (QED) is 0.580. The molecule has 1 saturated heterocycles. The van der Waals surface area contributed by atoms with Crippen LogP contribution in [0.1, 0.15) is 6.42 Å². The maximum atomic E-state index is 13.8. The zero-order valence-electron chi connectivity index (χ0n) is 14.9. The lowest BCUT2D eigenvalue weighted by atomic mass is 10.2. The Morgan fingerprint density at radius 2 is 1.89 bits per heavy atom.